The number of amides is 1. The van der Waals surface area contributed by atoms with Crippen LogP contribution < -0.4 is 10.2 Å². The number of hydrogen-bond donors (Lipinski definition) is 2. The summed E-state index contributed by atoms with van der Waals surface area (Å²) in [6, 6.07) is 8.50. The van der Waals surface area contributed by atoms with E-state index in [1.165, 1.54) is 6.07 Å². The van der Waals surface area contributed by atoms with Gasteiger partial charge in [-0.05, 0) is 43.7 Å². The van der Waals surface area contributed by atoms with E-state index in [0.717, 1.165) is 24.5 Å². The molecule has 30 heavy (non-hydrogen) atoms. The summed E-state index contributed by atoms with van der Waals surface area (Å²) in [6.07, 6.45) is -0.640. The summed E-state index contributed by atoms with van der Waals surface area (Å²) in [6.45, 7) is 5.97. The number of imidazole rings is 1. The molecule has 4 rings (SSSR count). The van der Waals surface area contributed by atoms with Crippen molar-refractivity contribution in [1.82, 2.24) is 20.3 Å². The zero-order chi connectivity index (χ0) is 21.3. The van der Waals surface area contributed by atoms with Gasteiger partial charge in [0.25, 0.3) is 12.3 Å². The maximum absolute atomic E-state index is 12.8. The number of carbonyl (C=O) groups is 1. The van der Waals surface area contributed by atoms with Crippen LogP contribution in [-0.4, -0.2) is 46.2 Å². The fourth-order valence-electron chi connectivity index (χ4n) is 3.63. The van der Waals surface area contributed by atoms with E-state index in [4.69, 9.17) is 4.74 Å². The SMILES string of the molecule is CC1CN(c2ccc(CNC(=O)c3ccc4nc(C(F)F)[nH]c4c3)cn2)CC(C)O1. The quantitative estimate of drug-likeness (QED) is 0.667. The number of alkyl halides is 2. The van der Waals surface area contributed by atoms with Crippen LogP contribution in [0.2, 0.25) is 0 Å². The van der Waals surface area contributed by atoms with Gasteiger partial charge in [-0.3, -0.25) is 4.79 Å². The van der Waals surface area contributed by atoms with Crippen molar-refractivity contribution in [3.05, 3.63) is 53.5 Å². The van der Waals surface area contributed by atoms with Crippen LogP contribution in [0.1, 0.15) is 42.0 Å². The van der Waals surface area contributed by atoms with Gasteiger partial charge in [-0.15, -0.1) is 0 Å². The van der Waals surface area contributed by atoms with Crippen LogP contribution in [0.25, 0.3) is 11.0 Å². The van der Waals surface area contributed by atoms with Gasteiger partial charge in [-0.2, -0.15) is 0 Å². The van der Waals surface area contributed by atoms with Crippen molar-refractivity contribution in [3.63, 3.8) is 0 Å². The number of pyridine rings is 1. The summed E-state index contributed by atoms with van der Waals surface area (Å²) in [4.78, 5) is 25.5. The van der Waals surface area contributed by atoms with E-state index < -0.39 is 12.2 Å². The summed E-state index contributed by atoms with van der Waals surface area (Å²) in [7, 11) is 0. The molecule has 1 aliphatic heterocycles. The first-order valence-electron chi connectivity index (χ1n) is 9.80. The number of rotatable bonds is 5. The van der Waals surface area contributed by atoms with Gasteiger partial charge >= 0.3 is 0 Å². The molecule has 2 unspecified atom stereocenters. The molecule has 0 saturated carbocycles. The Morgan fingerprint density at radius 1 is 1.27 bits per heavy atom. The molecule has 0 spiro atoms. The number of ether oxygens (including phenoxy) is 1. The Morgan fingerprint density at radius 3 is 2.70 bits per heavy atom. The number of fused-ring (bicyclic) bond motifs is 1. The van der Waals surface area contributed by atoms with Crippen LogP contribution in [-0.2, 0) is 11.3 Å². The second-order valence-corrected chi connectivity index (χ2v) is 7.52. The van der Waals surface area contributed by atoms with Crippen LogP contribution in [0, 0.1) is 0 Å². The predicted octanol–water partition coefficient (Wildman–Crippen LogP) is 3.44. The highest BCUT2D eigenvalue weighted by molar-refractivity contribution is 5.97. The van der Waals surface area contributed by atoms with E-state index in [9.17, 15) is 13.6 Å². The van der Waals surface area contributed by atoms with Crippen molar-refractivity contribution in [1.29, 1.82) is 0 Å². The van der Waals surface area contributed by atoms with Crippen molar-refractivity contribution in [3.8, 4) is 0 Å². The molecule has 3 heterocycles. The number of aromatic nitrogens is 3. The Hall–Kier alpha value is -3.07. The molecular formula is C21H23F2N5O2. The number of anilines is 1. The number of halogens is 2. The monoisotopic (exact) mass is 415 g/mol. The fraction of sp³-hybridized carbons (Fsp3) is 0.381. The Bertz CT molecular complexity index is 1030. The normalized spacial score (nSPS) is 19.4. The number of nitrogens with one attached hydrogen (secondary N) is 2. The number of morpholine rings is 1. The minimum atomic E-state index is -2.69. The summed E-state index contributed by atoms with van der Waals surface area (Å²) < 4.78 is 31.3. The lowest BCUT2D eigenvalue weighted by Crippen LogP contribution is -2.45. The Labute approximate surface area is 172 Å². The van der Waals surface area contributed by atoms with Crippen molar-refractivity contribution in [2.75, 3.05) is 18.0 Å². The Balaban J connectivity index is 1.38. The molecule has 0 aliphatic carbocycles. The largest absolute Gasteiger partial charge is 0.372 e. The summed E-state index contributed by atoms with van der Waals surface area (Å²) >= 11 is 0. The van der Waals surface area contributed by atoms with Crippen molar-refractivity contribution in [2.24, 2.45) is 0 Å². The van der Waals surface area contributed by atoms with Crippen LogP contribution in [0.5, 0.6) is 0 Å². The van der Waals surface area contributed by atoms with Gasteiger partial charge in [0, 0.05) is 31.4 Å². The van der Waals surface area contributed by atoms with Crippen molar-refractivity contribution < 1.29 is 18.3 Å². The zero-order valence-electron chi connectivity index (χ0n) is 16.7. The van der Waals surface area contributed by atoms with Crippen LogP contribution >= 0.6 is 0 Å². The maximum Gasteiger partial charge on any atom is 0.295 e. The second kappa shape index (κ2) is 8.35. The first-order chi connectivity index (χ1) is 14.4. The Kier molecular flexibility index (Phi) is 5.63. The van der Waals surface area contributed by atoms with E-state index >= 15 is 0 Å². The van der Waals surface area contributed by atoms with Gasteiger partial charge in [-0.25, -0.2) is 18.7 Å². The van der Waals surface area contributed by atoms with Crippen molar-refractivity contribution in [2.45, 2.75) is 39.0 Å². The van der Waals surface area contributed by atoms with Crippen LogP contribution in [0.3, 0.4) is 0 Å². The number of hydrogen-bond acceptors (Lipinski definition) is 5. The predicted molar refractivity (Wildman–Crippen MR) is 109 cm³/mol. The van der Waals surface area contributed by atoms with Crippen LogP contribution in [0.4, 0.5) is 14.6 Å². The highest BCUT2D eigenvalue weighted by Gasteiger charge is 2.23. The molecule has 0 radical (unpaired) electrons. The minimum Gasteiger partial charge on any atom is -0.372 e. The van der Waals surface area contributed by atoms with Crippen molar-refractivity contribution >= 4 is 22.8 Å². The number of nitrogens with zero attached hydrogens (tertiary/aromatic N) is 3. The molecule has 2 atom stereocenters. The minimum absolute atomic E-state index is 0.151. The van der Waals surface area contributed by atoms with Gasteiger partial charge < -0.3 is 19.9 Å². The first-order valence-corrected chi connectivity index (χ1v) is 9.80. The number of H-pyrrole nitrogens is 1. The second-order valence-electron chi connectivity index (χ2n) is 7.52. The fourth-order valence-corrected chi connectivity index (χ4v) is 3.63. The number of aromatic amines is 1. The first kappa shape index (κ1) is 20.2. The van der Waals surface area contributed by atoms with E-state index in [0.29, 0.717) is 23.1 Å². The molecule has 9 heteroatoms. The molecule has 2 N–H and O–H groups in total. The van der Waals surface area contributed by atoms with Gasteiger partial charge in [0.15, 0.2) is 5.82 Å². The zero-order valence-corrected chi connectivity index (χ0v) is 16.7. The molecule has 7 nitrogen and oxygen atoms in total. The molecule has 1 aliphatic rings. The summed E-state index contributed by atoms with van der Waals surface area (Å²) in [5.41, 5.74) is 2.03. The molecule has 1 saturated heterocycles. The van der Waals surface area contributed by atoms with Gasteiger partial charge in [0.2, 0.25) is 0 Å². The lowest BCUT2D eigenvalue weighted by Gasteiger charge is -2.36. The van der Waals surface area contributed by atoms with Gasteiger partial charge in [0.05, 0.1) is 23.2 Å². The van der Waals surface area contributed by atoms with E-state index in [1.807, 2.05) is 26.0 Å². The molecular weight excluding hydrogens is 392 g/mol. The average Bonchev–Trinajstić information content (AvgIpc) is 3.15. The lowest BCUT2D eigenvalue weighted by atomic mass is 10.2. The van der Waals surface area contributed by atoms with E-state index in [-0.39, 0.29) is 18.1 Å². The van der Waals surface area contributed by atoms with Gasteiger partial charge in [0.1, 0.15) is 5.82 Å². The summed E-state index contributed by atoms with van der Waals surface area (Å²) in [5, 5.41) is 2.83. The summed E-state index contributed by atoms with van der Waals surface area (Å²) in [5.74, 6) is 0.175. The number of benzene rings is 1. The molecule has 1 amide bonds. The van der Waals surface area contributed by atoms with Gasteiger partial charge in [-0.1, -0.05) is 6.07 Å². The smallest absolute Gasteiger partial charge is 0.295 e. The highest BCUT2D eigenvalue weighted by atomic mass is 19.3. The molecule has 2 aromatic heterocycles. The molecule has 1 aromatic carbocycles. The molecule has 3 aromatic rings. The molecule has 0 bridgehead atoms. The van der Waals surface area contributed by atoms with Crippen LogP contribution in [0.15, 0.2) is 36.5 Å². The van der Waals surface area contributed by atoms with E-state index in [1.54, 1.807) is 18.3 Å². The standard InChI is InChI=1S/C21H23F2N5O2/c1-12-10-28(11-13(2)30-12)18-6-3-14(8-24-18)9-25-21(29)15-4-5-16-17(7-15)27-20(26-16)19(22)23/h3-8,12-13,19H,9-11H2,1-2H3,(H,25,29)(H,26,27). The van der Waals surface area contributed by atoms with E-state index in [2.05, 4.69) is 25.2 Å². The maximum atomic E-state index is 12.8. The lowest BCUT2D eigenvalue weighted by molar-refractivity contribution is -0.00546. The Morgan fingerprint density at radius 2 is 2.03 bits per heavy atom. The number of carbonyl (C=O) groups excluding carboxylic acids is 1. The molecule has 158 valence electrons. The third-order valence-corrected chi connectivity index (χ3v) is 4.97. The average molecular weight is 415 g/mol. The highest BCUT2D eigenvalue weighted by Crippen LogP contribution is 2.21. The third-order valence-electron chi connectivity index (χ3n) is 4.97. The molecule has 1 fully saturated rings. The third kappa shape index (κ3) is 4.40. The topological polar surface area (TPSA) is 83.1 Å².